The number of hydrogen-bond acceptors (Lipinski definition) is 4. The number of furan rings is 1. The second kappa shape index (κ2) is 8.57. The number of piperazine rings is 1. The molecule has 1 aromatic carbocycles. The molecule has 2 aliphatic rings. The molecule has 1 unspecified atom stereocenters. The molecular formula is C24H29N3O4. The molecule has 7 nitrogen and oxygen atoms in total. The van der Waals surface area contributed by atoms with Crippen molar-refractivity contribution >= 4 is 17.7 Å². The highest BCUT2D eigenvalue weighted by atomic mass is 16.3. The summed E-state index contributed by atoms with van der Waals surface area (Å²) in [6.07, 6.45) is 1.82. The van der Waals surface area contributed by atoms with Gasteiger partial charge in [-0.05, 0) is 31.5 Å². The van der Waals surface area contributed by atoms with Crippen molar-refractivity contribution in [3.8, 4) is 0 Å². The fraction of sp³-hybridized carbons (Fsp3) is 0.458. The molecule has 0 aliphatic carbocycles. The van der Waals surface area contributed by atoms with Crippen molar-refractivity contribution in [1.82, 2.24) is 14.7 Å². The van der Waals surface area contributed by atoms with Crippen molar-refractivity contribution in [2.24, 2.45) is 5.92 Å². The number of nitrogens with zero attached hydrogens (tertiary/aromatic N) is 3. The van der Waals surface area contributed by atoms with Gasteiger partial charge in [0, 0.05) is 39.1 Å². The molecular weight excluding hydrogens is 394 g/mol. The molecule has 0 radical (unpaired) electrons. The molecule has 2 aromatic rings. The highest BCUT2D eigenvalue weighted by Crippen LogP contribution is 2.27. The van der Waals surface area contributed by atoms with Gasteiger partial charge in [-0.2, -0.15) is 0 Å². The molecule has 0 spiro atoms. The smallest absolute Gasteiger partial charge is 0.232 e. The van der Waals surface area contributed by atoms with Crippen molar-refractivity contribution < 1.29 is 18.8 Å². The number of hydrogen-bond donors (Lipinski definition) is 0. The highest BCUT2D eigenvalue weighted by molar-refractivity contribution is 5.90. The zero-order valence-corrected chi connectivity index (χ0v) is 18.1. The van der Waals surface area contributed by atoms with Gasteiger partial charge in [0.1, 0.15) is 5.76 Å². The highest BCUT2D eigenvalue weighted by Gasteiger charge is 2.39. The van der Waals surface area contributed by atoms with Gasteiger partial charge in [0.15, 0.2) is 0 Å². The largest absolute Gasteiger partial charge is 0.467 e. The summed E-state index contributed by atoms with van der Waals surface area (Å²) < 4.78 is 5.32. The van der Waals surface area contributed by atoms with Crippen LogP contribution in [0.2, 0.25) is 0 Å². The lowest BCUT2D eigenvalue weighted by atomic mass is 9.83. The topological polar surface area (TPSA) is 74.1 Å². The molecule has 3 amide bonds. The van der Waals surface area contributed by atoms with Crippen LogP contribution in [-0.4, -0.2) is 65.1 Å². The predicted molar refractivity (Wildman–Crippen MR) is 115 cm³/mol. The van der Waals surface area contributed by atoms with Crippen LogP contribution in [0.5, 0.6) is 0 Å². The lowest BCUT2D eigenvalue weighted by molar-refractivity contribution is -0.144. The van der Waals surface area contributed by atoms with Crippen LogP contribution in [0, 0.1) is 5.92 Å². The van der Waals surface area contributed by atoms with Crippen molar-refractivity contribution in [3.63, 3.8) is 0 Å². The lowest BCUT2D eigenvalue weighted by Gasteiger charge is -2.39. The monoisotopic (exact) mass is 423 g/mol. The SMILES string of the molecule is CC(C)(C(=O)N1CCN(C(=O)C2CC(=O)N(Cc3ccco3)C2)CC1)c1ccccc1. The van der Waals surface area contributed by atoms with Crippen LogP contribution < -0.4 is 0 Å². The van der Waals surface area contributed by atoms with Crippen LogP contribution in [0.3, 0.4) is 0 Å². The number of benzene rings is 1. The van der Waals surface area contributed by atoms with Crippen LogP contribution in [0.25, 0.3) is 0 Å². The first-order valence-electron chi connectivity index (χ1n) is 10.8. The minimum Gasteiger partial charge on any atom is -0.467 e. The van der Waals surface area contributed by atoms with E-state index in [1.165, 1.54) is 0 Å². The number of carbonyl (C=O) groups is 3. The summed E-state index contributed by atoms with van der Waals surface area (Å²) >= 11 is 0. The lowest BCUT2D eigenvalue weighted by Crippen LogP contribution is -2.55. The third-order valence-corrected chi connectivity index (χ3v) is 6.40. The summed E-state index contributed by atoms with van der Waals surface area (Å²) in [7, 11) is 0. The minimum absolute atomic E-state index is 0.00436. The van der Waals surface area contributed by atoms with E-state index in [4.69, 9.17) is 4.42 Å². The molecule has 4 rings (SSSR count). The standard InChI is InChI=1S/C24H29N3O4/c1-24(2,19-7-4-3-5-8-19)23(30)26-12-10-25(11-13-26)22(29)18-15-21(28)27(16-18)17-20-9-6-14-31-20/h3-9,14,18H,10-13,15-17H2,1-2H3. The second-order valence-electron chi connectivity index (χ2n) is 8.86. The Hall–Kier alpha value is -3.09. The zero-order chi connectivity index (χ0) is 22.0. The van der Waals surface area contributed by atoms with Gasteiger partial charge in [0.25, 0.3) is 0 Å². The predicted octanol–water partition coefficient (Wildman–Crippen LogP) is 2.28. The maximum atomic E-state index is 13.2. The second-order valence-corrected chi connectivity index (χ2v) is 8.86. The average molecular weight is 424 g/mol. The summed E-state index contributed by atoms with van der Waals surface area (Å²) in [5, 5.41) is 0. The fourth-order valence-electron chi connectivity index (χ4n) is 4.44. The number of carbonyl (C=O) groups excluding carboxylic acids is 3. The zero-order valence-electron chi connectivity index (χ0n) is 18.1. The van der Waals surface area contributed by atoms with E-state index in [1.807, 2.05) is 55.1 Å². The van der Waals surface area contributed by atoms with E-state index in [9.17, 15) is 14.4 Å². The normalized spacial score (nSPS) is 19.7. The fourth-order valence-corrected chi connectivity index (χ4v) is 4.44. The Bertz CT molecular complexity index is 931. The van der Waals surface area contributed by atoms with Crippen LogP contribution in [0.15, 0.2) is 53.1 Å². The van der Waals surface area contributed by atoms with Gasteiger partial charge in [-0.1, -0.05) is 30.3 Å². The Morgan fingerprint density at radius 2 is 1.68 bits per heavy atom. The molecule has 1 aromatic heterocycles. The van der Waals surface area contributed by atoms with Gasteiger partial charge < -0.3 is 19.1 Å². The van der Waals surface area contributed by atoms with Crippen molar-refractivity contribution in [2.45, 2.75) is 32.2 Å². The summed E-state index contributed by atoms with van der Waals surface area (Å²) in [6.45, 7) is 6.72. The Morgan fingerprint density at radius 1 is 1.00 bits per heavy atom. The first kappa shape index (κ1) is 21.2. The quantitative estimate of drug-likeness (QED) is 0.740. The van der Waals surface area contributed by atoms with Crippen LogP contribution in [-0.2, 0) is 26.3 Å². The molecule has 1 atom stereocenters. The molecule has 0 N–H and O–H groups in total. The molecule has 3 heterocycles. The van der Waals surface area contributed by atoms with Crippen molar-refractivity contribution in [3.05, 3.63) is 60.1 Å². The number of amides is 3. The van der Waals surface area contributed by atoms with Gasteiger partial charge in [-0.3, -0.25) is 14.4 Å². The van der Waals surface area contributed by atoms with E-state index in [0.29, 0.717) is 39.3 Å². The molecule has 164 valence electrons. The van der Waals surface area contributed by atoms with E-state index in [0.717, 1.165) is 11.3 Å². The minimum atomic E-state index is -0.613. The molecule has 7 heteroatoms. The summed E-state index contributed by atoms with van der Waals surface area (Å²) in [5.41, 5.74) is 0.372. The summed E-state index contributed by atoms with van der Waals surface area (Å²) in [6, 6.07) is 13.4. The summed E-state index contributed by atoms with van der Waals surface area (Å²) in [4.78, 5) is 43.8. The first-order valence-corrected chi connectivity index (χ1v) is 10.8. The summed E-state index contributed by atoms with van der Waals surface area (Å²) in [5.74, 6) is 0.449. The molecule has 2 aliphatic heterocycles. The van der Waals surface area contributed by atoms with Crippen LogP contribution >= 0.6 is 0 Å². The van der Waals surface area contributed by atoms with Gasteiger partial charge in [0.2, 0.25) is 17.7 Å². The molecule has 31 heavy (non-hydrogen) atoms. The molecule has 0 bridgehead atoms. The maximum Gasteiger partial charge on any atom is 0.232 e. The molecule has 2 saturated heterocycles. The molecule has 0 saturated carbocycles. The number of rotatable bonds is 5. The van der Waals surface area contributed by atoms with Gasteiger partial charge in [-0.25, -0.2) is 0 Å². The van der Waals surface area contributed by atoms with Gasteiger partial charge >= 0.3 is 0 Å². The third-order valence-electron chi connectivity index (χ3n) is 6.40. The van der Waals surface area contributed by atoms with E-state index >= 15 is 0 Å². The maximum absolute atomic E-state index is 13.2. The Morgan fingerprint density at radius 3 is 2.32 bits per heavy atom. The van der Waals surface area contributed by atoms with Crippen molar-refractivity contribution in [2.75, 3.05) is 32.7 Å². The van der Waals surface area contributed by atoms with Crippen LogP contribution in [0.1, 0.15) is 31.6 Å². The Kier molecular flexibility index (Phi) is 5.85. The first-order chi connectivity index (χ1) is 14.9. The van der Waals surface area contributed by atoms with E-state index in [1.54, 1.807) is 22.1 Å². The van der Waals surface area contributed by atoms with E-state index in [2.05, 4.69) is 0 Å². The Labute approximate surface area is 182 Å². The van der Waals surface area contributed by atoms with E-state index in [-0.39, 0.29) is 30.1 Å². The number of likely N-dealkylation sites (tertiary alicyclic amines) is 1. The van der Waals surface area contributed by atoms with E-state index < -0.39 is 5.41 Å². The van der Waals surface area contributed by atoms with Crippen LogP contribution in [0.4, 0.5) is 0 Å². The third kappa shape index (κ3) is 4.36. The van der Waals surface area contributed by atoms with Gasteiger partial charge in [0.05, 0.1) is 24.1 Å². The Balaban J connectivity index is 1.32. The molecule has 2 fully saturated rings. The average Bonchev–Trinajstić information content (AvgIpc) is 3.43. The van der Waals surface area contributed by atoms with Crippen molar-refractivity contribution in [1.29, 1.82) is 0 Å². The van der Waals surface area contributed by atoms with Gasteiger partial charge in [-0.15, -0.1) is 0 Å².